The number of nitrogens with one attached hydrogen (secondary N) is 1. The highest BCUT2D eigenvalue weighted by Gasteiger charge is 2.17. The molecule has 0 fully saturated rings. The second kappa shape index (κ2) is 8.32. The summed E-state index contributed by atoms with van der Waals surface area (Å²) in [6.45, 7) is 6.15. The smallest absolute Gasteiger partial charge is 0.252 e. The third-order valence-corrected chi connectivity index (χ3v) is 4.55. The van der Waals surface area contributed by atoms with Crippen molar-refractivity contribution in [2.24, 2.45) is 0 Å². The van der Waals surface area contributed by atoms with Gasteiger partial charge in [-0.3, -0.25) is 4.79 Å². The van der Waals surface area contributed by atoms with E-state index < -0.39 is 6.10 Å². The van der Waals surface area contributed by atoms with Crippen molar-refractivity contribution in [3.05, 3.63) is 69.7 Å². The Morgan fingerprint density at radius 2 is 1.79 bits per heavy atom. The summed E-state index contributed by atoms with van der Waals surface area (Å²) >= 11 is 6.21. The normalized spacial score (nSPS) is 13.4. The average Bonchev–Trinajstić information content (AvgIpc) is 2.55. The van der Waals surface area contributed by atoms with Crippen molar-refractivity contribution in [1.82, 2.24) is 5.32 Å². The average molecular weight is 346 g/mol. The quantitative estimate of drug-likeness (QED) is 0.822. The number of hydrogen-bond acceptors (Lipinski definition) is 2. The Morgan fingerprint density at radius 1 is 1.17 bits per heavy atom. The van der Waals surface area contributed by atoms with Crippen molar-refractivity contribution >= 4 is 17.5 Å². The van der Waals surface area contributed by atoms with E-state index in [1.54, 1.807) is 6.92 Å². The molecule has 1 amide bonds. The first kappa shape index (κ1) is 18.5. The minimum absolute atomic E-state index is 0.0560. The first-order valence-electron chi connectivity index (χ1n) is 8.16. The van der Waals surface area contributed by atoms with E-state index in [0.717, 1.165) is 16.7 Å². The standard InChI is InChI=1S/C20H24ClNO2/c1-13-9-18(19(21)10-14(13)2)20(24)22-12-17(11-15(3)23)16-7-5-4-6-8-16/h4-10,15,17,23H,11-12H2,1-3H3,(H,22,24). The van der Waals surface area contributed by atoms with Crippen molar-refractivity contribution in [3.8, 4) is 0 Å². The second-order valence-electron chi connectivity index (χ2n) is 6.32. The Hall–Kier alpha value is -1.84. The van der Waals surface area contributed by atoms with Crippen LogP contribution in [0.15, 0.2) is 42.5 Å². The largest absolute Gasteiger partial charge is 0.393 e. The lowest BCUT2D eigenvalue weighted by Crippen LogP contribution is -2.30. The molecular formula is C20H24ClNO2. The molecule has 4 heteroatoms. The van der Waals surface area contributed by atoms with Gasteiger partial charge in [-0.1, -0.05) is 41.9 Å². The Balaban J connectivity index is 2.11. The summed E-state index contributed by atoms with van der Waals surface area (Å²) in [6, 6.07) is 13.6. The molecule has 0 aliphatic heterocycles. The lowest BCUT2D eigenvalue weighted by molar-refractivity contribution is 0.0945. The van der Waals surface area contributed by atoms with Crippen LogP contribution in [0.2, 0.25) is 5.02 Å². The topological polar surface area (TPSA) is 49.3 Å². The van der Waals surface area contributed by atoms with Gasteiger partial charge in [-0.2, -0.15) is 0 Å². The number of carbonyl (C=O) groups is 1. The molecule has 2 unspecified atom stereocenters. The van der Waals surface area contributed by atoms with Crippen LogP contribution in [-0.2, 0) is 0 Å². The Labute approximate surface area is 148 Å². The van der Waals surface area contributed by atoms with Crippen molar-refractivity contribution in [2.45, 2.75) is 39.2 Å². The van der Waals surface area contributed by atoms with E-state index in [-0.39, 0.29) is 11.8 Å². The van der Waals surface area contributed by atoms with Crippen LogP contribution < -0.4 is 5.32 Å². The molecule has 24 heavy (non-hydrogen) atoms. The summed E-state index contributed by atoms with van der Waals surface area (Å²) in [7, 11) is 0. The van der Waals surface area contributed by atoms with E-state index in [1.807, 2.05) is 56.3 Å². The minimum Gasteiger partial charge on any atom is -0.393 e. The first-order chi connectivity index (χ1) is 11.4. The number of rotatable bonds is 6. The third-order valence-electron chi connectivity index (χ3n) is 4.23. The van der Waals surface area contributed by atoms with Gasteiger partial charge in [0, 0.05) is 12.5 Å². The minimum atomic E-state index is -0.433. The van der Waals surface area contributed by atoms with Gasteiger partial charge < -0.3 is 10.4 Å². The number of aliphatic hydroxyl groups is 1. The number of halogens is 1. The maximum absolute atomic E-state index is 12.5. The zero-order valence-electron chi connectivity index (χ0n) is 14.3. The highest BCUT2D eigenvalue weighted by atomic mass is 35.5. The maximum atomic E-state index is 12.5. The highest BCUT2D eigenvalue weighted by molar-refractivity contribution is 6.34. The zero-order chi connectivity index (χ0) is 17.7. The monoisotopic (exact) mass is 345 g/mol. The van der Waals surface area contributed by atoms with E-state index in [2.05, 4.69) is 5.32 Å². The molecule has 2 aromatic rings. The fourth-order valence-electron chi connectivity index (χ4n) is 2.74. The van der Waals surface area contributed by atoms with Crippen LogP contribution in [0.3, 0.4) is 0 Å². The zero-order valence-corrected chi connectivity index (χ0v) is 15.1. The van der Waals surface area contributed by atoms with Crippen LogP contribution in [0, 0.1) is 13.8 Å². The van der Waals surface area contributed by atoms with Crippen LogP contribution in [0.4, 0.5) is 0 Å². The van der Waals surface area contributed by atoms with E-state index >= 15 is 0 Å². The van der Waals surface area contributed by atoms with E-state index in [1.165, 1.54) is 0 Å². The molecule has 128 valence electrons. The van der Waals surface area contributed by atoms with E-state index in [0.29, 0.717) is 23.6 Å². The molecule has 0 radical (unpaired) electrons. The fraction of sp³-hybridized carbons (Fsp3) is 0.350. The molecule has 3 nitrogen and oxygen atoms in total. The predicted octanol–water partition coefficient (Wildman–Crippen LogP) is 4.24. The summed E-state index contributed by atoms with van der Waals surface area (Å²) in [6.07, 6.45) is 0.155. The highest BCUT2D eigenvalue weighted by Crippen LogP contribution is 2.23. The Bertz CT molecular complexity index is 698. The van der Waals surface area contributed by atoms with Gasteiger partial charge in [0.2, 0.25) is 0 Å². The molecular weight excluding hydrogens is 322 g/mol. The molecule has 0 saturated carbocycles. The number of aliphatic hydroxyl groups excluding tert-OH is 1. The van der Waals surface area contributed by atoms with Crippen LogP contribution >= 0.6 is 11.6 Å². The molecule has 2 aromatic carbocycles. The van der Waals surface area contributed by atoms with Crippen molar-refractivity contribution in [2.75, 3.05) is 6.54 Å². The van der Waals surface area contributed by atoms with Crippen LogP contribution in [0.25, 0.3) is 0 Å². The van der Waals surface area contributed by atoms with Crippen molar-refractivity contribution in [3.63, 3.8) is 0 Å². The summed E-state index contributed by atoms with van der Waals surface area (Å²) in [4.78, 5) is 12.5. The van der Waals surface area contributed by atoms with E-state index in [9.17, 15) is 9.90 Å². The van der Waals surface area contributed by atoms with Gasteiger partial charge in [-0.15, -0.1) is 0 Å². The SMILES string of the molecule is Cc1cc(Cl)c(C(=O)NCC(CC(C)O)c2ccccc2)cc1C. The van der Waals surface area contributed by atoms with Crippen molar-refractivity contribution in [1.29, 1.82) is 0 Å². The van der Waals surface area contributed by atoms with Crippen LogP contribution in [0.5, 0.6) is 0 Å². The number of carbonyl (C=O) groups excluding carboxylic acids is 1. The molecule has 0 aromatic heterocycles. The third kappa shape index (κ3) is 4.83. The van der Waals surface area contributed by atoms with Crippen molar-refractivity contribution < 1.29 is 9.90 Å². The molecule has 2 N–H and O–H groups in total. The molecule has 2 rings (SSSR count). The van der Waals surface area contributed by atoms with Gasteiger partial charge in [0.1, 0.15) is 0 Å². The molecule has 0 spiro atoms. The predicted molar refractivity (Wildman–Crippen MR) is 98.7 cm³/mol. The maximum Gasteiger partial charge on any atom is 0.252 e. The van der Waals surface area contributed by atoms with Gasteiger partial charge in [-0.05, 0) is 56.0 Å². The number of aryl methyl sites for hydroxylation is 2. The molecule has 0 heterocycles. The molecule has 2 atom stereocenters. The Morgan fingerprint density at radius 3 is 2.42 bits per heavy atom. The summed E-state index contributed by atoms with van der Waals surface area (Å²) in [5.74, 6) is -0.130. The lowest BCUT2D eigenvalue weighted by atomic mass is 9.93. The Kier molecular flexibility index (Phi) is 6.41. The number of hydrogen-bond donors (Lipinski definition) is 2. The van der Waals surface area contributed by atoms with Gasteiger partial charge in [0.05, 0.1) is 16.7 Å². The lowest BCUT2D eigenvalue weighted by Gasteiger charge is -2.20. The van der Waals surface area contributed by atoms with Gasteiger partial charge in [0.25, 0.3) is 5.91 Å². The van der Waals surface area contributed by atoms with Gasteiger partial charge in [0.15, 0.2) is 0 Å². The van der Waals surface area contributed by atoms with E-state index in [4.69, 9.17) is 11.6 Å². The first-order valence-corrected chi connectivity index (χ1v) is 8.54. The summed E-state index contributed by atoms with van der Waals surface area (Å²) in [5.41, 5.74) is 3.69. The molecule has 0 bridgehead atoms. The number of benzene rings is 2. The summed E-state index contributed by atoms with van der Waals surface area (Å²) < 4.78 is 0. The van der Waals surface area contributed by atoms with Crippen LogP contribution in [-0.4, -0.2) is 23.7 Å². The van der Waals surface area contributed by atoms with Crippen LogP contribution in [0.1, 0.15) is 46.3 Å². The van der Waals surface area contributed by atoms with Gasteiger partial charge in [-0.25, -0.2) is 0 Å². The van der Waals surface area contributed by atoms with Gasteiger partial charge >= 0.3 is 0 Å². The molecule has 0 saturated heterocycles. The summed E-state index contributed by atoms with van der Waals surface area (Å²) in [5, 5.41) is 13.2. The molecule has 0 aliphatic rings. The number of amides is 1. The molecule has 0 aliphatic carbocycles. The second-order valence-corrected chi connectivity index (χ2v) is 6.73. The fourth-order valence-corrected chi connectivity index (χ4v) is 3.04.